The maximum absolute atomic E-state index is 13.8. The van der Waals surface area contributed by atoms with Gasteiger partial charge in [0.2, 0.25) is 16.9 Å². The number of carbonyl (C=O) groups excluding carboxylic acids is 1. The lowest BCUT2D eigenvalue weighted by atomic mass is 9.74. The first-order valence-corrected chi connectivity index (χ1v) is 12.7. The van der Waals surface area contributed by atoms with Crippen LogP contribution in [0.2, 0.25) is 0 Å². The Morgan fingerprint density at radius 1 is 1.26 bits per heavy atom. The van der Waals surface area contributed by atoms with Crippen molar-refractivity contribution in [3.05, 3.63) is 5.82 Å². The molecule has 4 atom stereocenters. The number of amides is 1. The number of hydrogen-bond acceptors (Lipinski definition) is 8. The standard InChI is InChI=1S/C22H34F3N5O3S/c1-14(2)21(6-4-15(12-21)26-16-5-11-33-13-17(16)32-3)19(31)29-7-9-30(10-8-29)20-27-18(28-34-20)22(23,24)25/h14-17,26H,4-13H2,1-3H3/t15-,16+,17-,21+/m1/s1. The lowest BCUT2D eigenvalue weighted by Gasteiger charge is -2.41. The summed E-state index contributed by atoms with van der Waals surface area (Å²) < 4.78 is 53.1. The largest absolute Gasteiger partial charge is 0.452 e. The summed E-state index contributed by atoms with van der Waals surface area (Å²) in [7, 11) is 1.70. The van der Waals surface area contributed by atoms with Crippen LogP contribution < -0.4 is 10.2 Å². The van der Waals surface area contributed by atoms with Crippen molar-refractivity contribution in [1.29, 1.82) is 0 Å². The van der Waals surface area contributed by atoms with Crippen molar-refractivity contribution in [2.45, 2.75) is 63.9 Å². The monoisotopic (exact) mass is 505 g/mol. The highest BCUT2D eigenvalue weighted by Crippen LogP contribution is 2.46. The van der Waals surface area contributed by atoms with Crippen LogP contribution in [0.3, 0.4) is 0 Å². The lowest BCUT2D eigenvalue weighted by molar-refractivity contribution is -0.145. The van der Waals surface area contributed by atoms with Crippen molar-refractivity contribution in [2.75, 3.05) is 51.4 Å². The molecule has 0 unspecified atom stereocenters. The van der Waals surface area contributed by atoms with Crippen molar-refractivity contribution in [3.8, 4) is 0 Å². The zero-order chi connectivity index (χ0) is 24.5. The van der Waals surface area contributed by atoms with Gasteiger partial charge in [0.15, 0.2) is 0 Å². The predicted octanol–water partition coefficient (Wildman–Crippen LogP) is 2.79. The molecule has 1 N–H and O–H groups in total. The molecule has 4 rings (SSSR count). The van der Waals surface area contributed by atoms with Crippen LogP contribution in [0.15, 0.2) is 0 Å². The van der Waals surface area contributed by atoms with E-state index in [1.807, 2.05) is 4.90 Å². The molecule has 1 aromatic heterocycles. The topological polar surface area (TPSA) is 79.8 Å². The maximum Gasteiger partial charge on any atom is 0.452 e. The molecule has 0 bridgehead atoms. The summed E-state index contributed by atoms with van der Waals surface area (Å²) in [6.07, 6.45) is -1.10. The maximum atomic E-state index is 13.8. The Morgan fingerprint density at radius 3 is 2.62 bits per heavy atom. The van der Waals surface area contributed by atoms with Gasteiger partial charge in [0, 0.05) is 63.5 Å². The summed E-state index contributed by atoms with van der Waals surface area (Å²) >= 11 is 0.755. The van der Waals surface area contributed by atoms with E-state index in [1.165, 1.54) is 0 Å². The number of methoxy groups -OCH3 is 1. The number of alkyl halides is 3. The SMILES string of the molecule is CO[C@@H]1COCC[C@@H]1N[C@@H]1CC[C@@](C(=O)N2CCN(c3nc(C(F)(F)F)ns3)CC2)(C(C)C)C1. The van der Waals surface area contributed by atoms with E-state index in [1.54, 1.807) is 12.0 Å². The van der Waals surface area contributed by atoms with Gasteiger partial charge in [-0.2, -0.15) is 22.5 Å². The Labute approximate surface area is 202 Å². The van der Waals surface area contributed by atoms with Crippen molar-refractivity contribution < 1.29 is 27.4 Å². The molecule has 192 valence electrons. The Bertz CT molecular complexity index is 846. The van der Waals surface area contributed by atoms with E-state index >= 15 is 0 Å². The first kappa shape index (κ1) is 25.6. The van der Waals surface area contributed by atoms with Crippen LogP contribution in [0.25, 0.3) is 0 Å². The minimum absolute atomic E-state index is 0.0183. The number of carbonyl (C=O) groups is 1. The highest BCUT2D eigenvalue weighted by atomic mass is 32.1. The zero-order valence-electron chi connectivity index (χ0n) is 19.9. The molecule has 0 aromatic carbocycles. The number of piperazine rings is 1. The summed E-state index contributed by atoms with van der Waals surface area (Å²) in [6, 6.07) is 0.467. The summed E-state index contributed by atoms with van der Waals surface area (Å²) in [5.74, 6) is -0.750. The van der Waals surface area contributed by atoms with Crippen LogP contribution in [0.4, 0.5) is 18.3 Å². The third-order valence-electron chi connectivity index (χ3n) is 7.64. The van der Waals surface area contributed by atoms with E-state index in [9.17, 15) is 18.0 Å². The Morgan fingerprint density at radius 2 is 2.00 bits per heavy atom. The van der Waals surface area contributed by atoms with Gasteiger partial charge in [-0.15, -0.1) is 0 Å². The Balaban J connectivity index is 1.37. The molecule has 8 nitrogen and oxygen atoms in total. The quantitative estimate of drug-likeness (QED) is 0.637. The predicted molar refractivity (Wildman–Crippen MR) is 122 cm³/mol. The minimum Gasteiger partial charge on any atom is -0.379 e. The molecule has 12 heteroatoms. The van der Waals surface area contributed by atoms with Crippen molar-refractivity contribution in [1.82, 2.24) is 19.6 Å². The molecule has 1 saturated carbocycles. The van der Waals surface area contributed by atoms with Gasteiger partial charge >= 0.3 is 6.18 Å². The van der Waals surface area contributed by atoms with Crippen LogP contribution in [0.1, 0.15) is 45.4 Å². The average Bonchev–Trinajstić information content (AvgIpc) is 3.48. The first-order chi connectivity index (χ1) is 16.1. The molecule has 2 aliphatic heterocycles. The smallest absolute Gasteiger partial charge is 0.379 e. The first-order valence-electron chi connectivity index (χ1n) is 12.0. The van der Waals surface area contributed by atoms with Crippen molar-refractivity contribution >= 4 is 22.6 Å². The van der Waals surface area contributed by atoms with E-state index in [-0.39, 0.29) is 35.1 Å². The molecule has 1 amide bonds. The number of aromatic nitrogens is 2. The second-order valence-electron chi connectivity index (χ2n) is 9.84. The molecular formula is C22H34F3N5O3S. The van der Waals surface area contributed by atoms with E-state index in [0.717, 1.165) is 37.2 Å². The molecule has 3 heterocycles. The second-order valence-corrected chi connectivity index (χ2v) is 10.6. The van der Waals surface area contributed by atoms with E-state index < -0.39 is 17.4 Å². The summed E-state index contributed by atoms with van der Waals surface area (Å²) in [5, 5.41) is 4.00. The van der Waals surface area contributed by atoms with E-state index in [4.69, 9.17) is 9.47 Å². The third-order valence-corrected chi connectivity index (χ3v) is 8.42. The highest BCUT2D eigenvalue weighted by molar-refractivity contribution is 7.09. The summed E-state index contributed by atoms with van der Waals surface area (Å²) in [5.41, 5.74) is -0.431. The number of anilines is 1. The second kappa shape index (κ2) is 10.2. The summed E-state index contributed by atoms with van der Waals surface area (Å²) in [4.78, 5) is 21.1. The van der Waals surface area contributed by atoms with Gasteiger partial charge in [0.25, 0.3) is 0 Å². The lowest BCUT2D eigenvalue weighted by Crippen LogP contribution is -2.55. The average molecular weight is 506 g/mol. The number of nitrogens with zero attached hydrogens (tertiary/aromatic N) is 4. The minimum atomic E-state index is -4.54. The van der Waals surface area contributed by atoms with Gasteiger partial charge in [0.1, 0.15) is 0 Å². The van der Waals surface area contributed by atoms with Gasteiger partial charge in [-0.3, -0.25) is 4.79 Å². The number of rotatable bonds is 6. The van der Waals surface area contributed by atoms with Crippen LogP contribution in [0.5, 0.6) is 0 Å². The molecule has 0 spiro atoms. The Hall–Kier alpha value is -1.50. The molecule has 1 aliphatic carbocycles. The molecule has 3 aliphatic rings. The Kier molecular flexibility index (Phi) is 7.70. The number of ether oxygens (including phenoxy) is 2. The van der Waals surface area contributed by atoms with Gasteiger partial charge in [-0.05, 0) is 31.6 Å². The van der Waals surface area contributed by atoms with Gasteiger partial charge in [0.05, 0.1) is 18.1 Å². The highest BCUT2D eigenvalue weighted by Gasteiger charge is 2.50. The fourth-order valence-corrected chi connectivity index (χ4v) is 6.23. The fraction of sp³-hybridized carbons (Fsp3) is 0.864. The van der Waals surface area contributed by atoms with Gasteiger partial charge in [-0.1, -0.05) is 13.8 Å². The van der Waals surface area contributed by atoms with Crippen molar-refractivity contribution in [2.24, 2.45) is 11.3 Å². The third kappa shape index (κ3) is 5.19. The molecule has 0 radical (unpaired) electrons. The molecule has 1 aromatic rings. The van der Waals surface area contributed by atoms with Crippen molar-refractivity contribution in [3.63, 3.8) is 0 Å². The molecular weight excluding hydrogens is 471 g/mol. The number of hydrogen-bond donors (Lipinski definition) is 1. The van der Waals surface area contributed by atoms with Crippen LogP contribution >= 0.6 is 11.5 Å². The normalized spacial score (nSPS) is 30.9. The summed E-state index contributed by atoms with van der Waals surface area (Å²) in [6.45, 7) is 7.36. The fourth-order valence-electron chi connectivity index (χ4n) is 5.50. The number of nitrogens with one attached hydrogen (secondary N) is 1. The molecule has 2 saturated heterocycles. The van der Waals surface area contributed by atoms with Crippen LogP contribution in [-0.4, -0.2) is 84.9 Å². The van der Waals surface area contributed by atoms with E-state index in [0.29, 0.717) is 39.4 Å². The van der Waals surface area contributed by atoms with Crippen LogP contribution in [-0.2, 0) is 20.4 Å². The molecule has 3 fully saturated rings. The van der Waals surface area contributed by atoms with Gasteiger partial charge in [-0.25, -0.2) is 0 Å². The van der Waals surface area contributed by atoms with Gasteiger partial charge < -0.3 is 24.6 Å². The van der Waals surface area contributed by atoms with E-state index in [2.05, 4.69) is 28.5 Å². The van der Waals surface area contributed by atoms with Crippen LogP contribution in [0, 0.1) is 11.3 Å². The molecule has 34 heavy (non-hydrogen) atoms. The number of halogens is 3. The zero-order valence-corrected chi connectivity index (χ0v) is 20.8.